The first-order chi connectivity index (χ1) is 13.2. The third kappa shape index (κ3) is 5.87. The normalized spacial score (nSPS) is 20.2. The number of benzene rings is 1. The van der Waals surface area contributed by atoms with Crippen LogP contribution in [0.1, 0.15) is 36.9 Å². The molecule has 1 aromatic heterocycles. The van der Waals surface area contributed by atoms with Crippen LogP contribution in [0.25, 0.3) is 11.3 Å². The standard InChI is InChI=1S/C22H32N4OS/c1-16-6-7-17(2)18(12-16)19-15-28-21(23-19)14-26-10-8-25(9-11-26)13-20(27)24-22(3,4)5/h6-7,12,15H,8-11,13-14H2,1-5H3,(H,24,27)/p+2. The predicted octanol–water partition coefficient (Wildman–Crippen LogP) is 0.625. The molecule has 1 aliphatic rings. The Morgan fingerprint density at radius 3 is 2.50 bits per heavy atom. The van der Waals surface area contributed by atoms with E-state index >= 15 is 0 Å². The summed E-state index contributed by atoms with van der Waals surface area (Å²) < 4.78 is 0. The molecule has 2 heterocycles. The van der Waals surface area contributed by atoms with Gasteiger partial charge in [0, 0.05) is 16.5 Å². The molecule has 0 spiro atoms. The molecular weight excluding hydrogens is 368 g/mol. The Morgan fingerprint density at radius 2 is 1.82 bits per heavy atom. The number of carbonyl (C=O) groups is 1. The van der Waals surface area contributed by atoms with Crippen molar-refractivity contribution in [2.45, 2.75) is 46.7 Å². The zero-order valence-electron chi connectivity index (χ0n) is 17.8. The molecule has 0 unspecified atom stereocenters. The molecule has 1 fully saturated rings. The summed E-state index contributed by atoms with van der Waals surface area (Å²) in [7, 11) is 0. The fourth-order valence-corrected chi connectivity index (χ4v) is 4.61. The maximum Gasteiger partial charge on any atom is 0.275 e. The molecule has 3 N–H and O–H groups in total. The number of rotatable bonds is 5. The first kappa shape index (κ1) is 21.0. The molecule has 1 saturated heterocycles. The van der Waals surface area contributed by atoms with Gasteiger partial charge in [0.15, 0.2) is 6.54 Å². The molecule has 0 saturated carbocycles. The van der Waals surface area contributed by atoms with Crippen molar-refractivity contribution in [2.24, 2.45) is 0 Å². The second-order valence-electron chi connectivity index (χ2n) is 9.10. The summed E-state index contributed by atoms with van der Waals surface area (Å²) in [5.41, 5.74) is 4.75. The lowest BCUT2D eigenvalue weighted by Crippen LogP contribution is -3.28. The average molecular weight is 403 g/mol. The Hall–Kier alpha value is -1.76. The van der Waals surface area contributed by atoms with Crippen molar-refractivity contribution in [1.29, 1.82) is 0 Å². The summed E-state index contributed by atoms with van der Waals surface area (Å²) in [5, 5.41) is 6.47. The number of carbonyl (C=O) groups excluding carboxylic acids is 1. The highest BCUT2D eigenvalue weighted by molar-refractivity contribution is 7.09. The van der Waals surface area contributed by atoms with Gasteiger partial charge in [0.05, 0.1) is 5.69 Å². The van der Waals surface area contributed by atoms with E-state index in [1.165, 1.54) is 26.6 Å². The van der Waals surface area contributed by atoms with E-state index in [2.05, 4.69) is 42.7 Å². The molecule has 1 amide bonds. The summed E-state index contributed by atoms with van der Waals surface area (Å²) in [6.07, 6.45) is 0. The smallest absolute Gasteiger partial charge is 0.275 e. The monoisotopic (exact) mass is 402 g/mol. The maximum atomic E-state index is 12.1. The molecule has 28 heavy (non-hydrogen) atoms. The molecule has 0 radical (unpaired) electrons. The van der Waals surface area contributed by atoms with E-state index in [1.54, 1.807) is 16.2 Å². The Labute approximate surface area is 172 Å². The summed E-state index contributed by atoms with van der Waals surface area (Å²) in [5.74, 6) is 0.157. The van der Waals surface area contributed by atoms with Crippen LogP contribution in [-0.4, -0.2) is 49.2 Å². The second kappa shape index (κ2) is 8.72. The molecule has 6 heteroatoms. The molecular formula is C22H34N4OS+2. The van der Waals surface area contributed by atoms with Gasteiger partial charge in [-0.2, -0.15) is 0 Å². The number of aryl methyl sites for hydroxylation is 2. The van der Waals surface area contributed by atoms with Gasteiger partial charge < -0.3 is 15.1 Å². The van der Waals surface area contributed by atoms with Gasteiger partial charge in [-0.3, -0.25) is 4.79 Å². The maximum absolute atomic E-state index is 12.1. The quantitative estimate of drug-likeness (QED) is 0.687. The lowest BCUT2D eigenvalue weighted by atomic mass is 10.0. The topological polar surface area (TPSA) is 50.9 Å². The predicted molar refractivity (Wildman–Crippen MR) is 115 cm³/mol. The van der Waals surface area contributed by atoms with Crippen LogP contribution >= 0.6 is 11.3 Å². The van der Waals surface area contributed by atoms with Crippen LogP contribution in [0.15, 0.2) is 23.6 Å². The van der Waals surface area contributed by atoms with Crippen molar-refractivity contribution in [3.05, 3.63) is 39.7 Å². The first-order valence-corrected chi connectivity index (χ1v) is 11.1. The van der Waals surface area contributed by atoms with Crippen LogP contribution in [-0.2, 0) is 11.3 Å². The van der Waals surface area contributed by atoms with E-state index in [-0.39, 0.29) is 11.4 Å². The van der Waals surface area contributed by atoms with Crippen LogP contribution in [0.3, 0.4) is 0 Å². The van der Waals surface area contributed by atoms with Gasteiger partial charge in [-0.25, -0.2) is 4.98 Å². The summed E-state index contributed by atoms with van der Waals surface area (Å²) in [4.78, 5) is 20.0. The Kier molecular flexibility index (Phi) is 6.53. The molecule has 5 nitrogen and oxygen atoms in total. The van der Waals surface area contributed by atoms with Crippen molar-refractivity contribution < 1.29 is 14.6 Å². The Bertz CT molecular complexity index is 816. The van der Waals surface area contributed by atoms with Crippen molar-refractivity contribution >= 4 is 17.2 Å². The highest BCUT2D eigenvalue weighted by Gasteiger charge is 2.26. The molecule has 0 aliphatic carbocycles. The minimum absolute atomic E-state index is 0.151. The third-order valence-corrected chi connectivity index (χ3v) is 6.06. The van der Waals surface area contributed by atoms with Gasteiger partial charge in [0.25, 0.3) is 5.91 Å². The fraction of sp³-hybridized carbons (Fsp3) is 0.545. The number of nitrogens with one attached hydrogen (secondary N) is 3. The van der Waals surface area contributed by atoms with E-state index in [0.717, 1.165) is 38.4 Å². The lowest BCUT2D eigenvalue weighted by molar-refractivity contribution is -1.02. The number of piperazine rings is 1. The van der Waals surface area contributed by atoms with Crippen LogP contribution in [0.4, 0.5) is 0 Å². The minimum atomic E-state index is -0.151. The van der Waals surface area contributed by atoms with Crippen molar-refractivity contribution in [3.63, 3.8) is 0 Å². The van der Waals surface area contributed by atoms with E-state index in [0.29, 0.717) is 6.54 Å². The van der Waals surface area contributed by atoms with Gasteiger partial charge in [-0.1, -0.05) is 17.7 Å². The van der Waals surface area contributed by atoms with E-state index in [9.17, 15) is 4.79 Å². The largest absolute Gasteiger partial charge is 0.347 e. The Balaban J connectivity index is 1.51. The SMILES string of the molecule is Cc1ccc(C)c(-c2csc(C[NH+]3CC[NH+](CC(=O)NC(C)(C)C)CC3)n2)c1. The van der Waals surface area contributed by atoms with Crippen LogP contribution in [0.2, 0.25) is 0 Å². The summed E-state index contributed by atoms with van der Waals surface area (Å²) in [6.45, 7) is 16.2. The third-order valence-electron chi connectivity index (χ3n) is 5.21. The van der Waals surface area contributed by atoms with Crippen LogP contribution in [0, 0.1) is 13.8 Å². The van der Waals surface area contributed by atoms with Crippen molar-refractivity contribution in [1.82, 2.24) is 10.3 Å². The van der Waals surface area contributed by atoms with Gasteiger partial charge >= 0.3 is 0 Å². The first-order valence-electron chi connectivity index (χ1n) is 10.2. The van der Waals surface area contributed by atoms with Gasteiger partial charge in [0.1, 0.15) is 37.7 Å². The highest BCUT2D eigenvalue weighted by atomic mass is 32.1. The molecule has 1 aromatic carbocycles. The molecule has 0 bridgehead atoms. The van der Waals surface area contributed by atoms with Gasteiger partial charge in [-0.15, -0.1) is 11.3 Å². The van der Waals surface area contributed by atoms with Crippen LogP contribution in [0.5, 0.6) is 0 Å². The molecule has 0 atom stereocenters. The zero-order chi connectivity index (χ0) is 20.3. The van der Waals surface area contributed by atoms with E-state index in [4.69, 9.17) is 4.98 Å². The number of hydrogen-bond donors (Lipinski definition) is 3. The molecule has 1 aliphatic heterocycles. The average Bonchev–Trinajstić information content (AvgIpc) is 3.05. The number of nitrogens with zero attached hydrogens (tertiary/aromatic N) is 1. The molecule has 3 rings (SSSR count). The summed E-state index contributed by atoms with van der Waals surface area (Å²) >= 11 is 1.77. The van der Waals surface area contributed by atoms with E-state index in [1.807, 2.05) is 20.8 Å². The Morgan fingerprint density at radius 1 is 1.14 bits per heavy atom. The number of aromatic nitrogens is 1. The van der Waals surface area contributed by atoms with Gasteiger partial charge in [-0.05, 0) is 46.2 Å². The number of hydrogen-bond acceptors (Lipinski definition) is 3. The van der Waals surface area contributed by atoms with Gasteiger partial charge in [0.2, 0.25) is 0 Å². The van der Waals surface area contributed by atoms with E-state index < -0.39 is 0 Å². The van der Waals surface area contributed by atoms with Crippen LogP contribution < -0.4 is 15.1 Å². The number of thiazole rings is 1. The second-order valence-corrected chi connectivity index (χ2v) is 10.0. The van der Waals surface area contributed by atoms with Crippen molar-refractivity contribution in [2.75, 3.05) is 32.7 Å². The lowest BCUT2D eigenvalue weighted by Gasteiger charge is -2.29. The number of quaternary nitrogens is 2. The summed E-state index contributed by atoms with van der Waals surface area (Å²) in [6, 6.07) is 6.55. The zero-order valence-corrected chi connectivity index (χ0v) is 18.6. The molecule has 152 valence electrons. The highest BCUT2D eigenvalue weighted by Crippen LogP contribution is 2.25. The number of amides is 1. The minimum Gasteiger partial charge on any atom is -0.347 e. The van der Waals surface area contributed by atoms with Crippen molar-refractivity contribution in [3.8, 4) is 11.3 Å². The molecule has 2 aromatic rings. The fourth-order valence-electron chi connectivity index (χ4n) is 3.74.